The monoisotopic (exact) mass is 811 g/mol. The maximum Gasteiger partial charge on any atom is 0.309 e. The van der Waals surface area contributed by atoms with E-state index in [1.807, 2.05) is 44.2 Å². The number of nitrogens with one attached hydrogen (secondary N) is 1. The molecule has 59 heavy (non-hydrogen) atoms. The number of Topliss-reactive ketones (excluding diaryl/α,β-unsaturated/α-hetero) is 1. The van der Waals surface area contributed by atoms with E-state index in [9.17, 15) is 19.2 Å². The number of rotatable bonds is 8. The molecule has 0 bridgehead atoms. The third-order valence-corrected chi connectivity index (χ3v) is 19.2. The average molecular weight is 811 g/mol. The van der Waals surface area contributed by atoms with Gasteiger partial charge in [-0.2, -0.15) is 0 Å². The second kappa shape index (κ2) is 14.5. The van der Waals surface area contributed by atoms with Gasteiger partial charge in [0.15, 0.2) is 5.78 Å². The molecule has 324 valence electrons. The van der Waals surface area contributed by atoms with Crippen molar-refractivity contribution in [2.45, 2.75) is 182 Å². The van der Waals surface area contributed by atoms with Crippen LogP contribution in [0.5, 0.6) is 0 Å². The largest absolute Gasteiger partial charge is 0.462 e. The van der Waals surface area contributed by atoms with E-state index in [1.165, 1.54) is 5.57 Å². The molecule has 6 saturated carbocycles. The third kappa shape index (κ3) is 6.43. The van der Waals surface area contributed by atoms with Crippen LogP contribution >= 0.6 is 0 Å². The molecule has 6 fully saturated rings. The molecular formula is C51H74N2O6. The summed E-state index contributed by atoms with van der Waals surface area (Å²) in [5.74, 6) is 0.325. The predicted molar refractivity (Wildman–Crippen MR) is 229 cm³/mol. The van der Waals surface area contributed by atoms with E-state index in [0.29, 0.717) is 37.5 Å². The first-order chi connectivity index (χ1) is 27.6. The van der Waals surface area contributed by atoms with Gasteiger partial charge in [0.25, 0.3) is 0 Å². The van der Waals surface area contributed by atoms with Gasteiger partial charge in [0.1, 0.15) is 12.7 Å². The number of fused-ring (bicyclic) bond motifs is 7. The van der Waals surface area contributed by atoms with Crippen LogP contribution in [0, 0.1) is 62.6 Å². The fourth-order valence-corrected chi connectivity index (χ4v) is 15.5. The highest BCUT2D eigenvalue weighted by Crippen LogP contribution is 2.76. The van der Waals surface area contributed by atoms with Gasteiger partial charge < -0.3 is 20.5 Å². The highest BCUT2D eigenvalue weighted by Gasteiger charge is 2.71. The molecule has 1 amide bonds. The number of ether oxygens (including phenoxy) is 2. The maximum absolute atomic E-state index is 14.2. The molecule has 0 radical (unpaired) electrons. The first-order valence-corrected chi connectivity index (χ1v) is 23.4. The number of hydrogen-bond donors (Lipinski definition) is 2. The molecule has 0 heterocycles. The van der Waals surface area contributed by atoms with Gasteiger partial charge in [0.2, 0.25) is 5.91 Å². The summed E-state index contributed by atoms with van der Waals surface area (Å²) >= 11 is 0. The Balaban J connectivity index is 0.986. The normalized spacial score (nSPS) is 40.4. The topological polar surface area (TPSA) is 125 Å². The number of nitrogens with two attached hydrogens (primary N) is 1. The van der Waals surface area contributed by atoms with Gasteiger partial charge in [-0.1, -0.05) is 112 Å². The van der Waals surface area contributed by atoms with Gasteiger partial charge >= 0.3 is 11.9 Å². The summed E-state index contributed by atoms with van der Waals surface area (Å²) in [5, 5.41) is 3.57. The zero-order valence-corrected chi connectivity index (χ0v) is 37.8. The van der Waals surface area contributed by atoms with Crippen molar-refractivity contribution in [1.82, 2.24) is 5.32 Å². The number of hydrogen-bond acceptors (Lipinski definition) is 7. The summed E-state index contributed by atoms with van der Waals surface area (Å²) in [6.07, 6.45) is 13.0. The van der Waals surface area contributed by atoms with Gasteiger partial charge in [-0.3, -0.25) is 19.2 Å². The minimum atomic E-state index is -0.855. The van der Waals surface area contributed by atoms with Crippen molar-refractivity contribution in [3.05, 3.63) is 47.0 Å². The molecule has 8 heteroatoms. The molecule has 0 saturated heterocycles. The summed E-state index contributed by atoms with van der Waals surface area (Å²) in [7, 11) is 0. The Bertz CT molecular complexity index is 1890. The fourth-order valence-electron chi connectivity index (χ4n) is 15.5. The Kier molecular flexibility index (Phi) is 10.5. The highest BCUT2D eigenvalue weighted by atomic mass is 16.5. The Morgan fingerprint density at radius 3 is 2.10 bits per heavy atom. The van der Waals surface area contributed by atoms with Crippen molar-refractivity contribution in [3.8, 4) is 0 Å². The molecule has 0 unspecified atom stereocenters. The van der Waals surface area contributed by atoms with Gasteiger partial charge in [-0.25, -0.2) is 0 Å². The molecule has 10 atom stereocenters. The Hall–Kier alpha value is -3.00. The number of carbonyl (C=O) groups is 4. The molecule has 1 aromatic carbocycles. The molecule has 1 aromatic rings. The molecular weight excluding hydrogens is 737 g/mol. The summed E-state index contributed by atoms with van der Waals surface area (Å²) in [6.45, 7) is 20.9. The Morgan fingerprint density at radius 2 is 1.44 bits per heavy atom. The lowest BCUT2D eigenvalue weighted by Gasteiger charge is -2.72. The minimum absolute atomic E-state index is 0.0223. The number of esters is 2. The Morgan fingerprint density at radius 1 is 0.763 bits per heavy atom. The van der Waals surface area contributed by atoms with Crippen LogP contribution in [-0.2, 0) is 35.3 Å². The van der Waals surface area contributed by atoms with Crippen LogP contribution in [-0.4, -0.2) is 40.8 Å². The minimum Gasteiger partial charge on any atom is -0.462 e. The number of amides is 1. The van der Waals surface area contributed by atoms with E-state index in [1.54, 1.807) is 0 Å². The van der Waals surface area contributed by atoms with E-state index in [-0.39, 0.29) is 81.7 Å². The second-order valence-corrected chi connectivity index (χ2v) is 23.0. The first kappa shape index (κ1) is 42.7. The fraction of sp³-hybridized carbons (Fsp3) is 0.765. The van der Waals surface area contributed by atoms with Crippen LogP contribution in [0.3, 0.4) is 0 Å². The molecule has 0 aliphatic heterocycles. The molecule has 3 N–H and O–H groups in total. The molecule has 7 aliphatic rings. The standard InChI is InChI=1S/C51H74N2O6/c1-31(2)40-36(54)29-51(53-44(57)50(52)22-14-11-15-23-50)27-26-48(8)33(41(40)51)18-19-38-47(7)24-21-39(46(5,6)37(47)20-25-49(38,48)9)59-43(56)35-28-34(45(35,3)4)42(55)58-30-32-16-12-10-13-17-32/h10,12-13,16-17,31,33-35,37-39H,11,14-15,18-30,52H2,1-9H3,(H,53,57)/t33-,34+,35-,37+,38-,39+,47+,48-,49-,51-/m1/s1. The van der Waals surface area contributed by atoms with E-state index in [0.717, 1.165) is 81.8 Å². The smallest absolute Gasteiger partial charge is 0.309 e. The molecule has 0 aromatic heterocycles. The molecule has 8 rings (SSSR count). The summed E-state index contributed by atoms with van der Waals surface area (Å²) in [6, 6.07) is 9.72. The van der Waals surface area contributed by atoms with Gasteiger partial charge in [0, 0.05) is 11.8 Å². The van der Waals surface area contributed by atoms with Crippen molar-refractivity contribution in [2.75, 3.05) is 0 Å². The van der Waals surface area contributed by atoms with Crippen molar-refractivity contribution in [2.24, 2.45) is 68.3 Å². The third-order valence-electron chi connectivity index (χ3n) is 19.2. The van der Waals surface area contributed by atoms with Gasteiger partial charge in [-0.15, -0.1) is 0 Å². The van der Waals surface area contributed by atoms with E-state index >= 15 is 0 Å². The lowest BCUT2D eigenvalue weighted by Crippen LogP contribution is -2.68. The molecule has 8 nitrogen and oxygen atoms in total. The summed E-state index contributed by atoms with van der Waals surface area (Å²) in [5.41, 5.74) is 7.92. The van der Waals surface area contributed by atoms with Crippen molar-refractivity contribution >= 4 is 23.6 Å². The highest BCUT2D eigenvalue weighted by molar-refractivity contribution is 6.02. The van der Waals surface area contributed by atoms with Crippen molar-refractivity contribution < 1.29 is 28.7 Å². The zero-order chi connectivity index (χ0) is 42.6. The van der Waals surface area contributed by atoms with Gasteiger partial charge in [-0.05, 0) is 133 Å². The molecule has 0 spiro atoms. The zero-order valence-electron chi connectivity index (χ0n) is 37.8. The van der Waals surface area contributed by atoms with Crippen LogP contribution in [0.1, 0.15) is 164 Å². The van der Waals surface area contributed by atoms with Crippen LogP contribution in [0.4, 0.5) is 0 Å². The lowest BCUT2D eigenvalue weighted by atomic mass is 9.33. The SMILES string of the molecule is CC(C)C1=C2[C@H]3CC[C@@H]4[C@@]5(C)CC[C@H](OC(=O)[C@H]6C[C@@H](C(=O)OCc7ccccc7)C6(C)C)C(C)(C)[C@@H]5CC[C@@]4(C)[C@]3(C)CC[C@@]2(NC(=O)C2(N)CCCCC2)CC1=O. The van der Waals surface area contributed by atoms with Crippen molar-refractivity contribution in [1.29, 1.82) is 0 Å². The lowest BCUT2D eigenvalue weighted by molar-refractivity contribution is -0.235. The molecule has 7 aliphatic carbocycles. The van der Waals surface area contributed by atoms with Crippen LogP contribution in [0.2, 0.25) is 0 Å². The predicted octanol–water partition coefficient (Wildman–Crippen LogP) is 9.81. The van der Waals surface area contributed by atoms with Crippen LogP contribution in [0.25, 0.3) is 0 Å². The van der Waals surface area contributed by atoms with Crippen LogP contribution in [0.15, 0.2) is 41.5 Å². The Labute approximate surface area is 354 Å². The quantitative estimate of drug-likeness (QED) is 0.251. The van der Waals surface area contributed by atoms with E-state index in [2.05, 4.69) is 53.8 Å². The second-order valence-electron chi connectivity index (χ2n) is 23.0. The van der Waals surface area contributed by atoms with Gasteiger partial charge in [0.05, 0.1) is 22.9 Å². The van der Waals surface area contributed by atoms with Crippen molar-refractivity contribution in [3.63, 3.8) is 0 Å². The number of ketones is 1. The summed E-state index contributed by atoms with van der Waals surface area (Å²) in [4.78, 5) is 55.4. The number of benzene rings is 1. The number of allylic oxidation sites excluding steroid dienone is 1. The maximum atomic E-state index is 14.2. The van der Waals surface area contributed by atoms with Crippen LogP contribution < -0.4 is 11.1 Å². The summed E-state index contributed by atoms with van der Waals surface area (Å²) < 4.78 is 12.3. The van der Waals surface area contributed by atoms with E-state index < -0.39 is 16.5 Å². The first-order valence-electron chi connectivity index (χ1n) is 23.4. The average Bonchev–Trinajstić information content (AvgIpc) is 3.47. The number of carbonyl (C=O) groups excluding carboxylic acids is 4. The van der Waals surface area contributed by atoms with E-state index in [4.69, 9.17) is 15.2 Å².